The molecule has 0 saturated heterocycles. The van der Waals surface area contributed by atoms with Crippen LogP contribution in [0.4, 0.5) is 0 Å². The van der Waals surface area contributed by atoms with E-state index in [1.807, 2.05) is 230 Å². The molecule has 0 heterocycles. The van der Waals surface area contributed by atoms with E-state index in [1.54, 1.807) is 0 Å². The van der Waals surface area contributed by atoms with E-state index in [9.17, 15) is 0 Å². The van der Waals surface area contributed by atoms with Crippen LogP contribution < -0.4 is 0 Å². The lowest BCUT2D eigenvalue weighted by Crippen LogP contribution is -1.87. The molecule has 0 spiro atoms. The SMILES string of the molecule is CC.CC.CC.CC.CC.CC.CC.CC.CC.CC.CC.CC.CC.CC.Cc1c2ccccc2c(C)c2ccccc12.c1cc2ccc3cccc4ccc(c1)c2c34.c1ccc2c(c1)ccc1ccccc12.c1ccc2cc3ccccc3cc2c1.c1ccc2cc3ccccc3cc2c1.c1ccc2ccccc2c1.c1ccc2ccccc2c1.c1ccccc1. The van der Waals surface area contributed by atoms with E-state index < -0.39 is 0 Å². The smallest absolute Gasteiger partial charge is 0.00268 e. The quantitative estimate of drug-likeness (QED) is 0.105. The number of hydrogen-bond donors (Lipinski definition) is 0. The molecular formula is C128H160. The van der Waals surface area contributed by atoms with Crippen LogP contribution in [0, 0.1) is 13.8 Å². The minimum absolute atomic E-state index is 1.31. The molecule has 0 saturated carbocycles. The van der Waals surface area contributed by atoms with Crippen LogP contribution in [0.1, 0.15) is 205 Å². The molecule has 672 valence electrons. The van der Waals surface area contributed by atoms with Gasteiger partial charge in [0, 0.05) is 0 Å². The van der Waals surface area contributed by atoms with Gasteiger partial charge in [0.05, 0.1) is 0 Å². The molecule has 21 aromatic rings. The van der Waals surface area contributed by atoms with Crippen LogP contribution in [-0.2, 0) is 0 Å². The van der Waals surface area contributed by atoms with Gasteiger partial charge < -0.3 is 0 Å². The van der Waals surface area contributed by atoms with Gasteiger partial charge in [-0.15, -0.1) is 0 Å². The summed E-state index contributed by atoms with van der Waals surface area (Å²) in [5, 5.41) is 34.7. The molecule has 0 aliphatic rings. The molecule has 0 aliphatic carbocycles. The second-order valence-electron chi connectivity index (χ2n) is 25.1. The third-order valence-corrected chi connectivity index (χ3v) is 18.7. The number of fused-ring (bicyclic) bond motifs is 11. The van der Waals surface area contributed by atoms with Crippen LogP contribution in [0.5, 0.6) is 0 Å². The predicted octanol–water partition coefficient (Wildman–Crippen LogP) is 42.9. The lowest BCUT2D eigenvalue weighted by Gasteiger charge is -2.11. The fraction of sp³-hybridized carbons (Fsp3) is 0.234. The summed E-state index contributed by atoms with van der Waals surface area (Å²) >= 11 is 0. The molecule has 0 unspecified atom stereocenters. The summed E-state index contributed by atoms with van der Waals surface area (Å²) in [4.78, 5) is 0. The fourth-order valence-corrected chi connectivity index (χ4v) is 13.6. The zero-order valence-corrected chi connectivity index (χ0v) is 84.4. The standard InChI is InChI=1S/C16H10.C16H14.3C14H10.2C10H8.C6H6.14C2H6/c1-3-11-7-9-13-5-2-6-14-10-8-12(4-1)15(11)16(13)14;1-11-13-7-3-5-9-15(13)12(2)16-10-6-4-8-14(11)16;1-3-7-13-11(5-1)9-10-12-6-2-4-8-14(12)13;2*1-2-6-12-10-14-8-4-3-7-13(14)9-11(12)5-1;2*1-2-6-10-8-4-3-7-9(10)5-1;1-2-4-6-5-3-1;14*1-2/h1-10H;3-10H,1-2H3;3*1-10H;2*1-8H;1-6H;14*1-2H3. The molecule has 0 aromatic heterocycles. The Labute approximate surface area is 778 Å². The number of aryl methyl sites for hydroxylation is 2. The van der Waals surface area contributed by atoms with E-state index in [0.29, 0.717) is 0 Å². The van der Waals surface area contributed by atoms with Gasteiger partial charge in [-0.05, 0) is 189 Å². The molecule has 0 N–H and O–H groups in total. The summed E-state index contributed by atoms with van der Waals surface area (Å²) in [7, 11) is 0. The third-order valence-electron chi connectivity index (χ3n) is 18.7. The molecule has 128 heavy (non-hydrogen) atoms. The van der Waals surface area contributed by atoms with Crippen molar-refractivity contribution in [2.45, 2.75) is 208 Å². The van der Waals surface area contributed by atoms with Gasteiger partial charge in [-0.2, -0.15) is 0 Å². The molecule has 21 rings (SSSR count). The molecular weight excluding hydrogens is 1540 g/mol. The van der Waals surface area contributed by atoms with Gasteiger partial charge in [-0.3, -0.25) is 0 Å². The van der Waals surface area contributed by atoms with Gasteiger partial charge in [0.15, 0.2) is 0 Å². The summed E-state index contributed by atoms with van der Waals surface area (Å²) in [6, 6.07) is 149. The second-order valence-corrected chi connectivity index (χ2v) is 25.1. The fourth-order valence-electron chi connectivity index (χ4n) is 13.6. The van der Waals surface area contributed by atoms with E-state index in [-0.39, 0.29) is 0 Å². The monoisotopic (exact) mass is 1700 g/mol. The highest BCUT2D eigenvalue weighted by Gasteiger charge is 2.09. The average Bonchev–Trinajstić information content (AvgIpc) is 0.753. The highest BCUT2D eigenvalue weighted by atomic mass is 14.1. The van der Waals surface area contributed by atoms with Crippen molar-refractivity contribution in [2.75, 3.05) is 0 Å². The van der Waals surface area contributed by atoms with E-state index in [4.69, 9.17) is 0 Å². The van der Waals surface area contributed by atoms with Crippen molar-refractivity contribution in [3.05, 3.63) is 436 Å². The van der Waals surface area contributed by atoms with Gasteiger partial charge >= 0.3 is 0 Å². The maximum atomic E-state index is 2.24. The Hall–Kier alpha value is -12.7. The summed E-state index contributed by atoms with van der Waals surface area (Å²) < 4.78 is 0. The van der Waals surface area contributed by atoms with Crippen molar-refractivity contribution in [3.8, 4) is 0 Å². The Morgan fingerprint density at radius 3 is 0.375 bits per heavy atom. The topological polar surface area (TPSA) is 0 Å². The maximum absolute atomic E-state index is 2.24. The Kier molecular flexibility index (Phi) is 66.1. The van der Waals surface area contributed by atoms with Crippen molar-refractivity contribution in [3.63, 3.8) is 0 Å². The van der Waals surface area contributed by atoms with E-state index >= 15 is 0 Å². The normalized spacial score (nSPS) is 9.02. The maximum Gasteiger partial charge on any atom is -0.00268 e. The van der Waals surface area contributed by atoms with Crippen LogP contribution in [0.15, 0.2) is 425 Å². The van der Waals surface area contributed by atoms with Gasteiger partial charge in [0.2, 0.25) is 0 Å². The lowest BCUT2D eigenvalue weighted by molar-refractivity contribution is 1.50. The molecule has 0 atom stereocenters. The predicted molar refractivity (Wildman–Crippen MR) is 599 cm³/mol. The highest BCUT2D eigenvalue weighted by molar-refractivity contribution is 6.23. The molecule has 0 aliphatic heterocycles. The summed E-state index contributed by atoms with van der Waals surface area (Å²) in [6.45, 7) is 60.4. The van der Waals surface area contributed by atoms with Crippen molar-refractivity contribution in [1.82, 2.24) is 0 Å². The number of rotatable bonds is 0. The molecule has 0 heteroatoms. The second kappa shape index (κ2) is 73.5. The van der Waals surface area contributed by atoms with E-state index in [2.05, 4.69) is 402 Å². The van der Waals surface area contributed by atoms with Crippen LogP contribution in [0.2, 0.25) is 0 Å². The van der Waals surface area contributed by atoms with E-state index in [1.165, 1.54) is 151 Å². The summed E-state index contributed by atoms with van der Waals surface area (Å²) in [5.74, 6) is 0. The van der Waals surface area contributed by atoms with Crippen molar-refractivity contribution >= 4 is 140 Å². The Balaban J connectivity index is 0.00000139. The Morgan fingerprint density at radius 2 is 0.211 bits per heavy atom. The molecule has 21 aromatic carbocycles. The van der Waals surface area contributed by atoms with Crippen LogP contribution in [0.3, 0.4) is 0 Å². The first kappa shape index (κ1) is 115. The summed E-state index contributed by atoms with van der Waals surface area (Å²) in [6.07, 6.45) is 0. The van der Waals surface area contributed by atoms with Crippen molar-refractivity contribution in [2.24, 2.45) is 0 Å². The zero-order chi connectivity index (χ0) is 95.7. The largest absolute Gasteiger partial charge is 0.0683 e. The highest BCUT2D eigenvalue weighted by Crippen LogP contribution is 2.35. The number of hydrogen-bond acceptors (Lipinski definition) is 0. The van der Waals surface area contributed by atoms with Gasteiger partial charge in [0.25, 0.3) is 0 Å². The number of benzene rings is 21. The van der Waals surface area contributed by atoms with E-state index in [0.717, 1.165) is 0 Å². The molecule has 0 amide bonds. The first-order valence-electron chi connectivity index (χ1n) is 48.5. The van der Waals surface area contributed by atoms with Crippen LogP contribution in [-0.4, -0.2) is 0 Å². The Bertz CT molecular complexity index is 5390. The molecule has 0 bridgehead atoms. The van der Waals surface area contributed by atoms with Crippen molar-refractivity contribution < 1.29 is 0 Å². The first-order valence-corrected chi connectivity index (χ1v) is 48.5. The van der Waals surface area contributed by atoms with Gasteiger partial charge in [0.1, 0.15) is 0 Å². The zero-order valence-electron chi connectivity index (χ0n) is 84.4. The van der Waals surface area contributed by atoms with Crippen molar-refractivity contribution in [1.29, 1.82) is 0 Å². The van der Waals surface area contributed by atoms with Gasteiger partial charge in [-0.25, -0.2) is 0 Å². The van der Waals surface area contributed by atoms with Gasteiger partial charge in [-0.1, -0.05) is 594 Å². The summed E-state index contributed by atoms with van der Waals surface area (Å²) in [5.41, 5.74) is 2.77. The third kappa shape index (κ3) is 35.6. The first-order chi connectivity index (χ1) is 63.5. The lowest BCUT2D eigenvalue weighted by atomic mass is 9.93. The average molecular weight is 1700 g/mol. The molecule has 0 fully saturated rings. The molecule has 0 radical (unpaired) electrons. The minimum atomic E-state index is 1.31. The minimum Gasteiger partial charge on any atom is -0.0683 e. The molecule has 0 nitrogen and oxygen atoms in total. The Morgan fingerprint density at radius 1 is 0.0938 bits per heavy atom. The van der Waals surface area contributed by atoms with Crippen LogP contribution in [0.25, 0.3) is 140 Å². The van der Waals surface area contributed by atoms with Crippen LogP contribution >= 0.6 is 0 Å².